The minimum atomic E-state index is -0.760. The van der Waals surface area contributed by atoms with Crippen molar-refractivity contribution in [2.24, 2.45) is 5.92 Å². The molecule has 0 aromatic heterocycles. The molecule has 5 nitrogen and oxygen atoms in total. The van der Waals surface area contributed by atoms with E-state index >= 15 is 0 Å². The van der Waals surface area contributed by atoms with Gasteiger partial charge in [0, 0.05) is 26.1 Å². The lowest BCUT2D eigenvalue weighted by molar-refractivity contribution is -0.145. The Morgan fingerprint density at radius 1 is 1.42 bits per heavy atom. The smallest absolute Gasteiger partial charge is 0.303 e. The molecule has 1 N–H and O–H groups in total. The molecule has 0 radical (unpaired) electrons. The molecule has 1 fully saturated rings. The number of hydrogen-bond donors (Lipinski definition) is 1. The highest BCUT2D eigenvalue weighted by atomic mass is 16.5. The first-order chi connectivity index (χ1) is 9.08. The van der Waals surface area contributed by atoms with E-state index < -0.39 is 5.97 Å². The molecular weight excluding hydrogens is 246 g/mol. The Labute approximate surface area is 114 Å². The number of aliphatic carboxylic acids is 1. The molecule has 110 valence electrons. The number of carbonyl (C=O) groups excluding carboxylic acids is 1. The number of nitrogens with zero attached hydrogens (tertiary/aromatic N) is 1. The van der Waals surface area contributed by atoms with Crippen LogP contribution in [0.4, 0.5) is 0 Å². The number of rotatable bonds is 7. The maximum absolute atomic E-state index is 12.3. The van der Waals surface area contributed by atoms with E-state index in [2.05, 4.69) is 0 Å². The van der Waals surface area contributed by atoms with E-state index in [0.717, 1.165) is 19.4 Å². The average Bonchev–Trinajstić information content (AvgIpc) is 2.42. The number of hydrogen-bond acceptors (Lipinski definition) is 3. The van der Waals surface area contributed by atoms with E-state index in [1.54, 1.807) is 0 Å². The standard InChI is InChI=1S/C14H25NO4/c1-3-12(19-4-2)14(18)15-9-5-6-11(10-15)7-8-13(16)17/h11-12H,3-10H2,1-2H3,(H,16,17)/t11-,12+/m0/s1. The van der Waals surface area contributed by atoms with Gasteiger partial charge in [-0.05, 0) is 38.5 Å². The van der Waals surface area contributed by atoms with Crippen LogP contribution in [0.25, 0.3) is 0 Å². The molecule has 0 spiro atoms. The first-order valence-electron chi connectivity index (χ1n) is 7.20. The molecule has 2 atom stereocenters. The Bertz CT molecular complexity index is 306. The molecule has 0 bridgehead atoms. The Kier molecular flexibility index (Phi) is 6.84. The van der Waals surface area contributed by atoms with Crippen molar-refractivity contribution in [2.75, 3.05) is 19.7 Å². The quantitative estimate of drug-likeness (QED) is 0.768. The van der Waals surface area contributed by atoms with E-state index in [9.17, 15) is 9.59 Å². The van der Waals surface area contributed by atoms with Crippen LogP contribution >= 0.6 is 0 Å². The molecule has 1 rings (SSSR count). The number of carbonyl (C=O) groups is 2. The zero-order chi connectivity index (χ0) is 14.3. The lowest BCUT2D eigenvalue weighted by Crippen LogP contribution is -2.45. The molecular formula is C14H25NO4. The second-order valence-corrected chi connectivity index (χ2v) is 5.08. The van der Waals surface area contributed by atoms with Crippen molar-refractivity contribution in [1.29, 1.82) is 0 Å². The highest BCUT2D eigenvalue weighted by Crippen LogP contribution is 2.22. The minimum absolute atomic E-state index is 0.0596. The summed E-state index contributed by atoms with van der Waals surface area (Å²) in [6.07, 6.45) is 3.16. The summed E-state index contributed by atoms with van der Waals surface area (Å²) in [5.41, 5.74) is 0. The van der Waals surface area contributed by atoms with Crippen molar-refractivity contribution < 1.29 is 19.4 Å². The SMILES string of the molecule is CCO[C@H](CC)C(=O)N1CCC[C@@H](CCC(=O)O)C1. The average molecular weight is 271 g/mol. The summed E-state index contributed by atoms with van der Waals surface area (Å²) in [6.45, 7) is 5.83. The topological polar surface area (TPSA) is 66.8 Å². The molecule has 1 aliphatic heterocycles. The van der Waals surface area contributed by atoms with Gasteiger partial charge in [-0.15, -0.1) is 0 Å². The Morgan fingerprint density at radius 2 is 2.16 bits per heavy atom. The predicted octanol–water partition coefficient (Wildman–Crippen LogP) is 1.90. The van der Waals surface area contributed by atoms with Crippen molar-refractivity contribution in [2.45, 2.75) is 52.1 Å². The molecule has 0 saturated carbocycles. The van der Waals surface area contributed by atoms with Gasteiger partial charge < -0.3 is 14.7 Å². The Hall–Kier alpha value is -1.10. The number of ether oxygens (including phenoxy) is 1. The van der Waals surface area contributed by atoms with Crippen molar-refractivity contribution in [3.63, 3.8) is 0 Å². The van der Waals surface area contributed by atoms with Gasteiger partial charge in [0.1, 0.15) is 6.10 Å². The van der Waals surface area contributed by atoms with Crippen LogP contribution in [0.5, 0.6) is 0 Å². The molecule has 0 aromatic carbocycles. The third-order valence-corrected chi connectivity index (χ3v) is 3.61. The van der Waals surface area contributed by atoms with Gasteiger partial charge >= 0.3 is 5.97 Å². The molecule has 0 aliphatic carbocycles. The first kappa shape index (κ1) is 16.0. The van der Waals surface area contributed by atoms with Crippen molar-refractivity contribution >= 4 is 11.9 Å². The van der Waals surface area contributed by atoms with Gasteiger partial charge in [-0.2, -0.15) is 0 Å². The second kappa shape index (κ2) is 8.15. The van der Waals surface area contributed by atoms with Crippen molar-refractivity contribution in [1.82, 2.24) is 4.90 Å². The molecule has 1 amide bonds. The number of likely N-dealkylation sites (tertiary alicyclic amines) is 1. The first-order valence-corrected chi connectivity index (χ1v) is 7.20. The van der Waals surface area contributed by atoms with Gasteiger partial charge in [-0.1, -0.05) is 6.92 Å². The van der Waals surface area contributed by atoms with Gasteiger partial charge in [0.2, 0.25) is 0 Å². The third-order valence-electron chi connectivity index (χ3n) is 3.61. The summed E-state index contributed by atoms with van der Waals surface area (Å²) in [7, 11) is 0. The van der Waals surface area contributed by atoms with E-state index in [-0.39, 0.29) is 18.4 Å². The van der Waals surface area contributed by atoms with Crippen LogP contribution in [0.2, 0.25) is 0 Å². The monoisotopic (exact) mass is 271 g/mol. The predicted molar refractivity (Wildman–Crippen MR) is 71.9 cm³/mol. The summed E-state index contributed by atoms with van der Waals surface area (Å²) in [5, 5.41) is 8.71. The summed E-state index contributed by atoms with van der Waals surface area (Å²) in [4.78, 5) is 24.7. The second-order valence-electron chi connectivity index (χ2n) is 5.08. The van der Waals surface area contributed by atoms with Crippen LogP contribution in [0.3, 0.4) is 0 Å². The fourth-order valence-corrected chi connectivity index (χ4v) is 2.60. The normalized spacial score (nSPS) is 21.2. The van der Waals surface area contributed by atoms with Crippen LogP contribution in [0.1, 0.15) is 46.0 Å². The molecule has 19 heavy (non-hydrogen) atoms. The number of piperidine rings is 1. The largest absolute Gasteiger partial charge is 0.481 e. The zero-order valence-electron chi connectivity index (χ0n) is 11.9. The lowest BCUT2D eigenvalue weighted by atomic mass is 9.93. The van der Waals surface area contributed by atoms with Gasteiger partial charge in [0.15, 0.2) is 0 Å². The third kappa shape index (κ3) is 5.19. The van der Waals surface area contributed by atoms with E-state index in [0.29, 0.717) is 31.9 Å². The molecule has 0 unspecified atom stereocenters. The number of carboxylic acids is 1. The summed E-state index contributed by atoms with van der Waals surface area (Å²) in [6, 6.07) is 0. The van der Waals surface area contributed by atoms with Crippen LogP contribution in [-0.4, -0.2) is 47.7 Å². The summed E-state index contributed by atoms with van der Waals surface area (Å²) >= 11 is 0. The fourth-order valence-electron chi connectivity index (χ4n) is 2.60. The van der Waals surface area contributed by atoms with Gasteiger partial charge in [-0.25, -0.2) is 0 Å². The van der Waals surface area contributed by atoms with Gasteiger partial charge in [-0.3, -0.25) is 9.59 Å². The Balaban J connectivity index is 2.48. The molecule has 1 aliphatic rings. The molecule has 0 aromatic rings. The molecule has 5 heteroatoms. The number of carboxylic acid groups (broad SMARTS) is 1. The molecule has 1 saturated heterocycles. The van der Waals surface area contributed by atoms with Crippen LogP contribution < -0.4 is 0 Å². The maximum atomic E-state index is 12.3. The zero-order valence-corrected chi connectivity index (χ0v) is 11.9. The van der Waals surface area contributed by atoms with E-state index in [1.165, 1.54) is 0 Å². The van der Waals surface area contributed by atoms with Crippen LogP contribution in [-0.2, 0) is 14.3 Å². The number of amides is 1. The van der Waals surface area contributed by atoms with Crippen LogP contribution in [0, 0.1) is 5.92 Å². The van der Waals surface area contributed by atoms with Gasteiger partial charge in [0.25, 0.3) is 5.91 Å². The van der Waals surface area contributed by atoms with Crippen molar-refractivity contribution in [3.05, 3.63) is 0 Å². The summed E-state index contributed by atoms with van der Waals surface area (Å²) < 4.78 is 5.45. The van der Waals surface area contributed by atoms with E-state index in [1.807, 2.05) is 18.7 Å². The van der Waals surface area contributed by atoms with Gasteiger partial charge in [0.05, 0.1) is 0 Å². The Morgan fingerprint density at radius 3 is 2.74 bits per heavy atom. The highest BCUT2D eigenvalue weighted by molar-refractivity contribution is 5.81. The fraction of sp³-hybridized carbons (Fsp3) is 0.857. The minimum Gasteiger partial charge on any atom is -0.481 e. The van der Waals surface area contributed by atoms with Crippen LogP contribution in [0.15, 0.2) is 0 Å². The highest BCUT2D eigenvalue weighted by Gasteiger charge is 2.28. The van der Waals surface area contributed by atoms with Crippen molar-refractivity contribution in [3.8, 4) is 0 Å². The lowest BCUT2D eigenvalue weighted by Gasteiger charge is -2.34. The van der Waals surface area contributed by atoms with E-state index in [4.69, 9.17) is 9.84 Å². The molecule has 1 heterocycles. The maximum Gasteiger partial charge on any atom is 0.303 e. The summed E-state index contributed by atoms with van der Waals surface area (Å²) in [5.74, 6) is -0.387.